The second-order valence-corrected chi connectivity index (χ2v) is 1.84. The van der Waals surface area contributed by atoms with E-state index < -0.39 is 24.5 Å². The molecule has 1 unspecified atom stereocenters. The van der Waals surface area contributed by atoms with Crippen LogP contribution >= 0.6 is 12.4 Å². The van der Waals surface area contributed by atoms with E-state index in [4.69, 9.17) is 5.11 Å². The summed E-state index contributed by atoms with van der Waals surface area (Å²) in [6.45, 7) is 1.19. The average molecular weight is 193 g/mol. The number of halogens is 4. The zero-order valence-corrected chi connectivity index (χ0v) is 6.50. The Bertz CT molecular complexity index is 134. The largest absolute Gasteiger partial charge is 0.481 e. The van der Waals surface area contributed by atoms with Gasteiger partial charge in [-0.3, -0.25) is 4.79 Å². The molecule has 0 aliphatic rings. The third-order valence-corrected chi connectivity index (χ3v) is 1.10. The van der Waals surface area contributed by atoms with Gasteiger partial charge in [0.2, 0.25) is 0 Å². The van der Waals surface area contributed by atoms with E-state index in [0.717, 1.165) is 0 Å². The van der Waals surface area contributed by atoms with Gasteiger partial charge >= 0.3 is 12.1 Å². The second-order valence-electron chi connectivity index (χ2n) is 1.84. The number of carboxylic acid groups (broad SMARTS) is 1. The molecule has 6 heteroatoms. The number of hydrogen-bond acceptors (Lipinski definition) is 1. The van der Waals surface area contributed by atoms with E-state index in [1.165, 1.54) is 6.92 Å². The topological polar surface area (TPSA) is 37.3 Å². The third-order valence-electron chi connectivity index (χ3n) is 1.10. The molecule has 0 fully saturated rings. The molecule has 0 heterocycles. The molecule has 0 rings (SSSR count). The quantitative estimate of drug-likeness (QED) is 0.727. The van der Waals surface area contributed by atoms with Crippen LogP contribution in [0, 0.1) is 5.92 Å². The van der Waals surface area contributed by atoms with Gasteiger partial charge in [-0.15, -0.1) is 12.4 Å². The number of carbonyl (C=O) groups is 1. The number of alkyl halides is 3. The van der Waals surface area contributed by atoms with Crippen molar-refractivity contribution in [1.29, 1.82) is 0 Å². The molecule has 2 nitrogen and oxygen atoms in total. The average Bonchev–Trinajstić information content (AvgIpc) is 1.60. The molecule has 0 aromatic rings. The predicted molar refractivity (Wildman–Crippen MR) is 34.7 cm³/mol. The summed E-state index contributed by atoms with van der Waals surface area (Å²) >= 11 is 0. The minimum atomic E-state index is -4.61. The van der Waals surface area contributed by atoms with Crippen molar-refractivity contribution in [2.24, 2.45) is 5.92 Å². The van der Waals surface area contributed by atoms with Crippen LogP contribution < -0.4 is 0 Å². The number of rotatable bonds is 2. The Morgan fingerprint density at radius 3 is 1.91 bits per heavy atom. The zero-order chi connectivity index (χ0) is 8.36. The third kappa shape index (κ3) is 4.08. The fourth-order valence-corrected chi connectivity index (χ4v) is 0.546. The van der Waals surface area contributed by atoms with Crippen LogP contribution in [0.3, 0.4) is 0 Å². The van der Waals surface area contributed by atoms with Crippen molar-refractivity contribution in [2.45, 2.75) is 19.5 Å². The minimum absolute atomic E-state index is 0. The van der Waals surface area contributed by atoms with Gasteiger partial charge in [-0.1, -0.05) is 6.92 Å². The maximum Gasteiger partial charge on any atom is 0.402 e. The van der Waals surface area contributed by atoms with Crippen LogP contribution in [-0.4, -0.2) is 17.3 Å². The van der Waals surface area contributed by atoms with Crippen LogP contribution in [0.5, 0.6) is 0 Å². The molecular formula is C5H8ClF3O2. The molecule has 0 aromatic heterocycles. The van der Waals surface area contributed by atoms with E-state index in [9.17, 15) is 18.0 Å². The molecule has 0 aromatic carbocycles. The van der Waals surface area contributed by atoms with E-state index in [0.29, 0.717) is 0 Å². The lowest BCUT2D eigenvalue weighted by Crippen LogP contribution is -2.29. The fraction of sp³-hybridized carbons (Fsp3) is 0.800. The molecule has 11 heavy (non-hydrogen) atoms. The fourth-order valence-electron chi connectivity index (χ4n) is 0.546. The van der Waals surface area contributed by atoms with Crippen LogP contribution in [0.2, 0.25) is 0 Å². The van der Waals surface area contributed by atoms with Gasteiger partial charge in [0.1, 0.15) is 0 Å². The maximum atomic E-state index is 11.6. The summed E-state index contributed by atoms with van der Waals surface area (Å²) in [6, 6.07) is 0. The summed E-state index contributed by atoms with van der Waals surface area (Å²) in [5.74, 6) is -4.03. The first kappa shape index (κ1) is 13.2. The van der Waals surface area contributed by atoms with Crippen molar-refractivity contribution >= 4 is 18.4 Å². The lowest BCUT2D eigenvalue weighted by molar-refractivity contribution is -0.193. The molecule has 0 bridgehead atoms. The first-order chi connectivity index (χ1) is 4.39. The van der Waals surface area contributed by atoms with Gasteiger partial charge in [0.15, 0.2) is 5.92 Å². The van der Waals surface area contributed by atoms with E-state index >= 15 is 0 Å². The standard InChI is InChI=1S/C5H7F3O2.ClH/c1-2-3(4(9)10)5(6,7)8;/h3H,2H2,1H3,(H,9,10);1H. The summed E-state index contributed by atoms with van der Waals surface area (Å²) < 4.78 is 34.8. The highest BCUT2D eigenvalue weighted by molar-refractivity contribution is 5.85. The molecule has 0 saturated heterocycles. The highest BCUT2D eigenvalue weighted by Gasteiger charge is 2.43. The minimum Gasteiger partial charge on any atom is -0.481 e. The predicted octanol–water partition coefficient (Wildman–Crippen LogP) is 2.08. The van der Waals surface area contributed by atoms with Crippen LogP contribution in [0.25, 0.3) is 0 Å². The molecule has 1 N–H and O–H groups in total. The first-order valence-electron chi connectivity index (χ1n) is 2.69. The van der Waals surface area contributed by atoms with Crippen molar-refractivity contribution in [3.05, 3.63) is 0 Å². The van der Waals surface area contributed by atoms with E-state index in [1.54, 1.807) is 0 Å². The van der Waals surface area contributed by atoms with Gasteiger partial charge in [-0.2, -0.15) is 13.2 Å². The van der Waals surface area contributed by atoms with Gasteiger partial charge in [-0.05, 0) is 6.42 Å². The van der Waals surface area contributed by atoms with E-state index in [1.807, 2.05) is 0 Å². The van der Waals surface area contributed by atoms with Gasteiger partial charge in [-0.25, -0.2) is 0 Å². The molecule has 0 spiro atoms. The highest BCUT2D eigenvalue weighted by Crippen LogP contribution is 2.28. The van der Waals surface area contributed by atoms with Gasteiger partial charge in [0, 0.05) is 0 Å². The van der Waals surface area contributed by atoms with E-state index in [2.05, 4.69) is 0 Å². The summed E-state index contributed by atoms with van der Waals surface area (Å²) in [7, 11) is 0. The Hall–Kier alpha value is -0.450. The highest BCUT2D eigenvalue weighted by atomic mass is 35.5. The van der Waals surface area contributed by atoms with Gasteiger partial charge in [0.25, 0.3) is 0 Å². The summed E-state index contributed by atoms with van der Waals surface area (Å²) in [5, 5.41) is 7.99. The SMILES string of the molecule is CCC(C(=O)O)C(F)(F)F.Cl. The van der Waals surface area contributed by atoms with Crippen LogP contribution in [0.15, 0.2) is 0 Å². The Labute approximate surface area is 67.8 Å². The van der Waals surface area contributed by atoms with Gasteiger partial charge in [0.05, 0.1) is 0 Å². The van der Waals surface area contributed by atoms with Crippen molar-refractivity contribution < 1.29 is 23.1 Å². The molecule has 1 atom stereocenters. The van der Waals surface area contributed by atoms with Crippen molar-refractivity contribution in [3.8, 4) is 0 Å². The second kappa shape index (κ2) is 4.43. The van der Waals surface area contributed by atoms with Crippen molar-refractivity contribution in [3.63, 3.8) is 0 Å². The maximum absolute atomic E-state index is 11.6. The van der Waals surface area contributed by atoms with Crippen molar-refractivity contribution in [1.82, 2.24) is 0 Å². The van der Waals surface area contributed by atoms with Crippen molar-refractivity contribution in [2.75, 3.05) is 0 Å². The lowest BCUT2D eigenvalue weighted by atomic mass is 10.1. The normalized spacial score (nSPS) is 13.5. The Balaban J connectivity index is 0. The van der Waals surface area contributed by atoms with E-state index in [-0.39, 0.29) is 12.4 Å². The molecule has 0 amide bonds. The molecule has 0 aliphatic heterocycles. The Kier molecular flexibility index (Phi) is 5.30. The summed E-state index contributed by atoms with van der Waals surface area (Å²) in [6.07, 6.45) is -5.03. The smallest absolute Gasteiger partial charge is 0.402 e. The number of carboxylic acids is 1. The number of hydrogen-bond donors (Lipinski definition) is 1. The van der Waals surface area contributed by atoms with Crippen LogP contribution in [0.4, 0.5) is 13.2 Å². The molecule has 0 aliphatic carbocycles. The van der Waals surface area contributed by atoms with Crippen LogP contribution in [0.1, 0.15) is 13.3 Å². The van der Waals surface area contributed by atoms with Gasteiger partial charge < -0.3 is 5.11 Å². The monoisotopic (exact) mass is 192 g/mol. The number of aliphatic carboxylic acids is 1. The lowest BCUT2D eigenvalue weighted by Gasteiger charge is -2.12. The Morgan fingerprint density at radius 2 is 1.91 bits per heavy atom. The first-order valence-corrected chi connectivity index (χ1v) is 2.69. The summed E-state index contributed by atoms with van der Waals surface area (Å²) in [5.41, 5.74) is 0. The molecule has 68 valence electrons. The molecule has 0 radical (unpaired) electrons. The molecule has 0 saturated carbocycles. The zero-order valence-electron chi connectivity index (χ0n) is 5.68. The molecular weight excluding hydrogens is 184 g/mol. The van der Waals surface area contributed by atoms with Crippen LogP contribution in [-0.2, 0) is 4.79 Å². The Morgan fingerprint density at radius 1 is 1.55 bits per heavy atom. The summed E-state index contributed by atoms with van der Waals surface area (Å²) in [4.78, 5) is 9.86.